The van der Waals surface area contributed by atoms with Crippen LogP contribution in [-0.4, -0.2) is 12.3 Å². The second-order valence-corrected chi connectivity index (χ2v) is 4.24. The maximum Gasteiger partial charge on any atom is 0.163 e. The Labute approximate surface area is 74.8 Å². The molecule has 0 aromatic heterocycles. The molecule has 0 spiro atoms. The van der Waals surface area contributed by atoms with Gasteiger partial charge in [0.25, 0.3) is 0 Å². The first-order chi connectivity index (χ1) is 5.30. The molecule has 0 aliphatic heterocycles. The van der Waals surface area contributed by atoms with Crippen molar-refractivity contribution in [2.45, 2.75) is 27.7 Å². The van der Waals surface area contributed by atoms with Crippen LogP contribution in [0.4, 0.5) is 0 Å². The van der Waals surface area contributed by atoms with Gasteiger partial charge < -0.3 is 5.73 Å². The van der Waals surface area contributed by atoms with Gasteiger partial charge in [0.15, 0.2) is 5.78 Å². The summed E-state index contributed by atoms with van der Waals surface area (Å²) >= 11 is 0. The van der Waals surface area contributed by atoms with E-state index in [0.717, 1.165) is 0 Å². The van der Waals surface area contributed by atoms with E-state index in [4.69, 9.17) is 5.73 Å². The maximum absolute atomic E-state index is 11.6. The zero-order chi connectivity index (χ0) is 9.94. The van der Waals surface area contributed by atoms with Crippen molar-refractivity contribution < 1.29 is 4.79 Å². The molecule has 0 aliphatic carbocycles. The van der Waals surface area contributed by atoms with Gasteiger partial charge in [-0.05, 0) is 18.0 Å². The van der Waals surface area contributed by atoms with E-state index < -0.39 is 0 Å². The highest BCUT2D eigenvalue weighted by atomic mass is 16.1. The molecule has 0 bridgehead atoms. The van der Waals surface area contributed by atoms with Crippen molar-refractivity contribution in [1.29, 1.82) is 0 Å². The lowest BCUT2D eigenvalue weighted by Crippen LogP contribution is -2.27. The summed E-state index contributed by atoms with van der Waals surface area (Å²) in [6.45, 7) is 11.8. The van der Waals surface area contributed by atoms with Gasteiger partial charge in [-0.25, -0.2) is 0 Å². The van der Waals surface area contributed by atoms with Crippen LogP contribution in [0.1, 0.15) is 27.7 Å². The van der Waals surface area contributed by atoms with Crippen LogP contribution in [0.5, 0.6) is 0 Å². The quantitative estimate of drug-likeness (QED) is 0.654. The SMILES string of the molecule is C=C(C(=O)C(C)(C)C)C(C)CN. The average molecular weight is 169 g/mol. The van der Waals surface area contributed by atoms with E-state index in [1.807, 2.05) is 27.7 Å². The average Bonchev–Trinajstić information content (AvgIpc) is 1.98. The summed E-state index contributed by atoms with van der Waals surface area (Å²) in [5, 5.41) is 0. The number of hydrogen-bond donors (Lipinski definition) is 1. The molecular weight excluding hydrogens is 150 g/mol. The van der Waals surface area contributed by atoms with Crippen LogP contribution >= 0.6 is 0 Å². The van der Waals surface area contributed by atoms with Gasteiger partial charge in [0.1, 0.15) is 0 Å². The van der Waals surface area contributed by atoms with Gasteiger partial charge >= 0.3 is 0 Å². The summed E-state index contributed by atoms with van der Waals surface area (Å²) in [6, 6.07) is 0. The Morgan fingerprint density at radius 1 is 1.50 bits per heavy atom. The Morgan fingerprint density at radius 3 is 2.17 bits per heavy atom. The lowest BCUT2D eigenvalue weighted by Gasteiger charge is -2.21. The van der Waals surface area contributed by atoms with Gasteiger partial charge in [-0.3, -0.25) is 4.79 Å². The summed E-state index contributed by atoms with van der Waals surface area (Å²) < 4.78 is 0. The van der Waals surface area contributed by atoms with Crippen LogP contribution in [0.25, 0.3) is 0 Å². The van der Waals surface area contributed by atoms with E-state index in [0.29, 0.717) is 12.1 Å². The summed E-state index contributed by atoms with van der Waals surface area (Å²) in [5.74, 6) is 0.206. The minimum Gasteiger partial charge on any atom is -0.330 e. The molecule has 1 unspecified atom stereocenters. The van der Waals surface area contributed by atoms with Crippen molar-refractivity contribution in [3.05, 3.63) is 12.2 Å². The summed E-state index contributed by atoms with van der Waals surface area (Å²) in [6.07, 6.45) is 0. The van der Waals surface area contributed by atoms with E-state index in [2.05, 4.69) is 6.58 Å². The Morgan fingerprint density at radius 2 is 1.92 bits per heavy atom. The smallest absolute Gasteiger partial charge is 0.163 e. The molecule has 0 aromatic rings. The third-order valence-corrected chi connectivity index (χ3v) is 1.92. The Bertz CT molecular complexity index is 189. The molecule has 0 saturated carbocycles. The number of hydrogen-bond acceptors (Lipinski definition) is 2. The van der Waals surface area contributed by atoms with Crippen LogP contribution in [0.3, 0.4) is 0 Å². The number of carbonyl (C=O) groups excluding carboxylic acids is 1. The number of carbonyl (C=O) groups is 1. The fraction of sp³-hybridized carbons (Fsp3) is 0.700. The van der Waals surface area contributed by atoms with Crippen LogP contribution in [0.2, 0.25) is 0 Å². The van der Waals surface area contributed by atoms with Crippen molar-refractivity contribution in [2.75, 3.05) is 6.54 Å². The van der Waals surface area contributed by atoms with Gasteiger partial charge in [0.05, 0.1) is 0 Å². The topological polar surface area (TPSA) is 43.1 Å². The van der Waals surface area contributed by atoms with E-state index in [-0.39, 0.29) is 17.1 Å². The van der Waals surface area contributed by atoms with E-state index in [1.54, 1.807) is 0 Å². The van der Waals surface area contributed by atoms with E-state index in [9.17, 15) is 4.79 Å². The zero-order valence-electron chi connectivity index (χ0n) is 8.48. The van der Waals surface area contributed by atoms with Crippen LogP contribution in [0.15, 0.2) is 12.2 Å². The van der Waals surface area contributed by atoms with Crippen LogP contribution < -0.4 is 5.73 Å². The summed E-state index contributed by atoms with van der Waals surface area (Å²) in [5.41, 5.74) is 5.75. The van der Waals surface area contributed by atoms with Crippen LogP contribution in [-0.2, 0) is 4.79 Å². The fourth-order valence-electron chi connectivity index (χ4n) is 0.848. The molecule has 0 aromatic carbocycles. The fourth-order valence-corrected chi connectivity index (χ4v) is 0.848. The predicted molar refractivity (Wildman–Crippen MR) is 51.8 cm³/mol. The van der Waals surface area contributed by atoms with Crippen molar-refractivity contribution >= 4 is 5.78 Å². The second kappa shape index (κ2) is 3.85. The number of Topliss-reactive ketones (excluding diaryl/α,β-unsaturated/α-hetero) is 1. The van der Waals surface area contributed by atoms with Crippen molar-refractivity contribution in [1.82, 2.24) is 0 Å². The van der Waals surface area contributed by atoms with Gasteiger partial charge in [0, 0.05) is 5.41 Å². The predicted octanol–water partition coefficient (Wildman–Crippen LogP) is 1.75. The van der Waals surface area contributed by atoms with E-state index in [1.165, 1.54) is 0 Å². The third kappa shape index (κ3) is 2.78. The highest BCUT2D eigenvalue weighted by Crippen LogP contribution is 2.22. The van der Waals surface area contributed by atoms with Crippen molar-refractivity contribution in [3.63, 3.8) is 0 Å². The number of nitrogens with two attached hydrogens (primary N) is 1. The molecule has 2 nitrogen and oxygen atoms in total. The monoisotopic (exact) mass is 169 g/mol. The lowest BCUT2D eigenvalue weighted by molar-refractivity contribution is -0.122. The van der Waals surface area contributed by atoms with E-state index >= 15 is 0 Å². The normalized spacial score (nSPS) is 14.1. The molecule has 0 amide bonds. The number of rotatable bonds is 3. The molecule has 2 N–H and O–H groups in total. The number of ketones is 1. The van der Waals surface area contributed by atoms with Crippen LogP contribution in [0, 0.1) is 11.3 Å². The highest BCUT2D eigenvalue weighted by molar-refractivity contribution is 5.98. The Hall–Kier alpha value is -0.630. The Balaban J connectivity index is 4.42. The molecule has 12 heavy (non-hydrogen) atoms. The molecule has 0 fully saturated rings. The first kappa shape index (κ1) is 11.4. The Kier molecular flexibility index (Phi) is 3.65. The van der Waals surface area contributed by atoms with Gasteiger partial charge in [-0.1, -0.05) is 34.3 Å². The molecule has 0 radical (unpaired) electrons. The summed E-state index contributed by atoms with van der Waals surface area (Å²) in [7, 11) is 0. The minimum atomic E-state index is -0.333. The molecule has 70 valence electrons. The molecule has 0 aliphatic rings. The first-order valence-corrected chi connectivity index (χ1v) is 4.24. The third-order valence-electron chi connectivity index (χ3n) is 1.92. The minimum absolute atomic E-state index is 0.0942. The lowest BCUT2D eigenvalue weighted by atomic mass is 9.83. The van der Waals surface area contributed by atoms with Gasteiger partial charge in [-0.2, -0.15) is 0 Å². The molecule has 0 saturated heterocycles. The standard InChI is InChI=1S/C10H19NO/c1-7(6-11)8(2)9(12)10(3,4)5/h7H,2,6,11H2,1,3-5H3. The maximum atomic E-state index is 11.6. The first-order valence-electron chi connectivity index (χ1n) is 4.24. The zero-order valence-corrected chi connectivity index (χ0v) is 8.48. The largest absolute Gasteiger partial charge is 0.330 e. The molecule has 1 atom stereocenters. The van der Waals surface area contributed by atoms with Gasteiger partial charge in [0.2, 0.25) is 0 Å². The highest BCUT2D eigenvalue weighted by Gasteiger charge is 2.25. The molecule has 0 rings (SSSR count). The van der Waals surface area contributed by atoms with Gasteiger partial charge in [-0.15, -0.1) is 0 Å². The molecule has 2 heteroatoms. The van der Waals surface area contributed by atoms with Crippen molar-refractivity contribution in [3.8, 4) is 0 Å². The van der Waals surface area contributed by atoms with Crippen molar-refractivity contribution in [2.24, 2.45) is 17.1 Å². The summed E-state index contributed by atoms with van der Waals surface area (Å²) in [4.78, 5) is 11.6. The molecule has 0 heterocycles. The second-order valence-electron chi connectivity index (χ2n) is 4.24. The molecular formula is C10H19NO.